The van der Waals surface area contributed by atoms with E-state index < -0.39 is 12.1 Å². The van der Waals surface area contributed by atoms with Gasteiger partial charge in [0.25, 0.3) is 0 Å². The molecule has 1 aliphatic heterocycles. The Bertz CT molecular complexity index is 244. The molecule has 1 fully saturated rings. The number of carbonyl (C=O) groups is 2. The van der Waals surface area contributed by atoms with E-state index in [-0.39, 0.29) is 18.6 Å². The zero-order valence-corrected chi connectivity index (χ0v) is 8.66. The summed E-state index contributed by atoms with van der Waals surface area (Å²) in [5.41, 5.74) is 0. The van der Waals surface area contributed by atoms with Gasteiger partial charge in [-0.1, -0.05) is 0 Å². The molecule has 1 heterocycles. The second kappa shape index (κ2) is 5.67. The molecule has 3 N–H and O–H groups in total. The zero-order chi connectivity index (χ0) is 11.3. The van der Waals surface area contributed by atoms with Crippen molar-refractivity contribution >= 4 is 11.9 Å². The highest BCUT2D eigenvalue weighted by Crippen LogP contribution is 2.18. The van der Waals surface area contributed by atoms with Gasteiger partial charge in [-0.3, -0.25) is 4.79 Å². The van der Waals surface area contributed by atoms with Gasteiger partial charge in [0, 0.05) is 6.54 Å². The predicted octanol–water partition coefficient (Wildman–Crippen LogP) is -1.05. The van der Waals surface area contributed by atoms with E-state index in [0.717, 1.165) is 0 Å². The van der Waals surface area contributed by atoms with E-state index in [0.29, 0.717) is 19.4 Å². The number of carboxylic acid groups (broad SMARTS) is 1. The van der Waals surface area contributed by atoms with Crippen LogP contribution in [-0.4, -0.2) is 49.3 Å². The molecular weight excluding hydrogens is 200 g/mol. The van der Waals surface area contributed by atoms with Crippen molar-refractivity contribution in [2.45, 2.75) is 25.0 Å². The minimum absolute atomic E-state index is 0.111. The SMILES string of the molecule is CNCC(=O)NCC1CCC(C(=O)O)O1. The summed E-state index contributed by atoms with van der Waals surface area (Å²) in [6.07, 6.45) is 0.307. The van der Waals surface area contributed by atoms with E-state index in [4.69, 9.17) is 9.84 Å². The molecule has 2 atom stereocenters. The van der Waals surface area contributed by atoms with Crippen molar-refractivity contribution in [2.24, 2.45) is 0 Å². The maximum atomic E-state index is 11.1. The molecule has 15 heavy (non-hydrogen) atoms. The smallest absolute Gasteiger partial charge is 0.332 e. The van der Waals surface area contributed by atoms with Crippen LogP contribution < -0.4 is 10.6 Å². The third kappa shape index (κ3) is 3.85. The Morgan fingerprint density at radius 2 is 2.20 bits per heavy atom. The van der Waals surface area contributed by atoms with Gasteiger partial charge in [-0.15, -0.1) is 0 Å². The lowest BCUT2D eigenvalue weighted by Crippen LogP contribution is -2.37. The van der Waals surface area contributed by atoms with Crippen LogP contribution in [0.1, 0.15) is 12.8 Å². The van der Waals surface area contributed by atoms with Gasteiger partial charge in [0.05, 0.1) is 12.6 Å². The number of aliphatic carboxylic acids is 1. The van der Waals surface area contributed by atoms with Gasteiger partial charge in [-0.05, 0) is 19.9 Å². The zero-order valence-electron chi connectivity index (χ0n) is 8.66. The van der Waals surface area contributed by atoms with Crippen LogP contribution in [0, 0.1) is 0 Å². The first kappa shape index (κ1) is 11.9. The third-order valence-electron chi connectivity index (χ3n) is 2.25. The van der Waals surface area contributed by atoms with E-state index >= 15 is 0 Å². The van der Waals surface area contributed by atoms with E-state index in [1.165, 1.54) is 0 Å². The molecule has 6 heteroatoms. The molecule has 0 bridgehead atoms. The van der Waals surface area contributed by atoms with Crippen LogP contribution in [0.25, 0.3) is 0 Å². The maximum absolute atomic E-state index is 11.1. The van der Waals surface area contributed by atoms with Crippen molar-refractivity contribution in [3.05, 3.63) is 0 Å². The molecule has 1 saturated heterocycles. The monoisotopic (exact) mass is 216 g/mol. The van der Waals surface area contributed by atoms with Crippen LogP contribution in [0.3, 0.4) is 0 Å². The highest BCUT2D eigenvalue weighted by Gasteiger charge is 2.30. The quantitative estimate of drug-likeness (QED) is 0.546. The van der Waals surface area contributed by atoms with E-state index in [1.54, 1.807) is 7.05 Å². The molecule has 0 aromatic rings. The Hall–Kier alpha value is -1.14. The molecule has 0 aliphatic carbocycles. The van der Waals surface area contributed by atoms with E-state index in [2.05, 4.69) is 10.6 Å². The van der Waals surface area contributed by atoms with Gasteiger partial charge >= 0.3 is 5.97 Å². The standard InChI is InChI=1S/C9H16N2O4/c1-10-5-8(12)11-4-6-2-3-7(15-6)9(13)14/h6-7,10H,2-5H2,1H3,(H,11,12)(H,13,14). The molecule has 0 aromatic heterocycles. The minimum atomic E-state index is -0.931. The van der Waals surface area contributed by atoms with Crippen LogP contribution in [0.4, 0.5) is 0 Å². The number of ether oxygens (including phenoxy) is 1. The Balaban J connectivity index is 2.19. The second-order valence-electron chi connectivity index (χ2n) is 3.50. The summed E-state index contributed by atoms with van der Waals surface area (Å²) in [7, 11) is 1.69. The number of amides is 1. The summed E-state index contributed by atoms with van der Waals surface area (Å²) in [4.78, 5) is 21.6. The summed E-state index contributed by atoms with van der Waals surface area (Å²) in [5, 5.41) is 14.1. The van der Waals surface area contributed by atoms with Crippen molar-refractivity contribution in [1.82, 2.24) is 10.6 Å². The molecule has 86 valence electrons. The van der Waals surface area contributed by atoms with Crippen molar-refractivity contribution in [3.63, 3.8) is 0 Å². The molecule has 1 amide bonds. The fraction of sp³-hybridized carbons (Fsp3) is 0.778. The van der Waals surface area contributed by atoms with E-state index in [9.17, 15) is 9.59 Å². The highest BCUT2D eigenvalue weighted by atomic mass is 16.5. The summed E-state index contributed by atoms with van der Waals surface area (Å²) >= 11 is 0. The maximum Gasteiger partial charge on any atom is 0.332 e. The summed E-state index contributed by atoms with van der Waals surface area (Å²) in [6.45, 7) is 0.638. The minimum Gasteiger partial charge on any atom is -0.479 e. The first-order valence-corrected chi connectivity index (χ1v) is 4.93. The van der Waals surface area contributed by atoms with Gasteiger partial charge in [0.2, 0.25) is 5.91 Å². The molecule has 0 aromatic carbocycles. The Labute approximate surface area is 88.0 Å². The lowest BCUT2D eigenvalue weighted by atomic mass is 10.2. The van der Waals surface area contributed by atoms with Crippen LogP contribution >= 0.6 is 0 Å². The fourth-order valence-electron chi connectivity index (χ4n) is 1.49. The van der Waals surface area contributed by atoms with Gasteiger partial charge in [0.1, 0.15) is 0 Å². The summed E-state index contributed by atoms with van der Waals surface area (Å²) in [6, 6.07) is 0. The number of nitrogens with one attached hydrogen (secondary N) is 2. The van der Waals surface area contributed by atoms with Crippen LogP contribution in [-0.2, 0) is 14.3 Å². The Morgan fingerprint density at radius 1 is 1.47 bits per heavy atom. The van der Waals surface area contributed by atoms with Crippen LogP contribution in [0.5, 0.6) is 0 Å². The first-order valence-electron chi connectivity index (χ1n) is 4.93. The average molecular weight is 216 g/mol. The van der Waals surface area contributed by atoms with E-state index in [1.807, 2.05) is 0 Å². The third-order valence-corrected chi connectivity index (χ3v) is 2.25. The topological polar surface area (TPSA) is 87.7 Å². The molecule has 6 nitrogen and oxygen atoms in total. The molecule has 0 radical (unpaired) electrons. The Kier molecular flexibility index (Phi) is 4.51. The summed E-state index contributed by atoms with van der Waals surface area (Å²) < 4.78 is 5.22. The van der Waals surface area contributed by atoms with Crippen molar-refractivity contribution in [3.8, 4) is 0 Å². The number of likely N-dealkylation sites (N-methyl/N-ethyl adjacent to an activating group) is 1. The van der Waals surface area contributed by atoms with Gasteiger partial charge < -0.3 is 20.5 Å². The second-order valence-corrected chi connectivity index (χ2v) is 3.50. The van der Waals surface area contributed by atoms with Crippen molar-refractivity contribution in [2.75, 3.05) is 20.1 Å². The molecule has 1 rings (SSSR count). The number of hydrogen-bond acceptors (Lipinski definition) is 4. The van der Waals surface area contributed by atoms with Gasteiger partial charge in [0.15, 0.2) is 6.10 Å². The number of carboxylic acids is 1. The molecule has 0 saturated carbocycles. The largest absolute Gasteiger partial charge is 0.479 e. The molecular formula is C9H16N2O4. The summed E-state index contributed by atoms with van der Waals surface area (Å²) in [5.74, 6) is -1.04. The van der Waals surface area contributed by atoms with Crippen molar-refractivity contribution < 1.29 is 19.4 Å². The van der Waals surface area contributed by atoms with Crippen LogP contribution in [0.15, 0.2) is 0 Å². The van der Waals surface area contributed by atoms with Gasteiger partial charge in [-0.25, -0.2) is 4.79 Å². The predicted molar refractivity (Wildman–Crippen MR) is 52.5 cm³/mol. The molecule has 0 spiro atoms. The van der Waals surface area contributed by atoms with Gasteiger partial charge in [-0.2, -0.15) is 0 Å². The lowest BCUT2D eigenvalue weighted by Gasteiger charge is -2.11. The number of hydrogen-bond donors (Lipinski definition) is 3. The lowest BCUT2D eigenvalue weighted by molar-refractivity contribution is -0.149. The molecule has 2 unspecified atom stereocenters. The van der Waals surface area contributed by atoms with Crippen LogP contribution in [0.2, 0.25) is 0 Å². The highest BCUT2D eigenvalue weighted by molar-refractivity contribution is 5.78. The average Bonchev–Trinajstić information content (AvgIpc) is 2.63. The number of rotatable bonds is 5. The molecule has 1 aliphatic rings. The fourth-order valence-corrected chi connectivity index (χ4v) is 1.49. The van der Waals surface area contributed by atoms with Crippen molar-refractivity contribution in [1.29, 1.82) is 0 Å². The first-order chi connectivity index (χ1) is 7.13. The Morgan fingerprint density at radius 3 is 2.73 bits per heavy atom. The normalized spacial score (nSPS) is 25.1. The number of carbonyl (C=O) groups excluding carboxylic acids is 1.